The first-order valence-corrected chi connectivity index (χ1v) is 9.93. The molecule has 1 aromatic heterocycles. The van der Waals surface area contributed by atoms with Gasteiger partial charge in [0.15, 0.2) is 9.84 Å². The van der Waals surface area contributed by atoms with Crippen LogP contribution in [0, 0.1) is 0 Å². The van der Waals surface area contributed by atoms with Crippen molar-refractivity contribution in [1.29, 1.82) is 0 Å². The Balaban J connectivity index is 2.30. The summed E-state index contributed by atoms with van der Waals surface area (Å²) < 4.78 is 25.1. The number of carbonyl (C=O) groups excluding carboxylic acids is 1. The summed E-state index contributed by atoms with van der Waals surface area (Å²) >= 11 is 0. The molecule has 0 radical (unpaired) electrons. The van der Waals surface area contributed by atoms with Gasteiger partial charge in [-0.1, -0.05) is 27.7 Å². The first-order valence-electron chi connectivity index (χ1n) is 8.11. The maximum Gasteiger partial charge on any atom is 0.272 e. The minimum absolute atomic E-state index is 0.0721. The van der Waals surface area contributed by atoms with Crippen LogP contribution in [-0.2, 0) is 22.3 Å². The summed E-state index contributed by atoms with van der Waals surface area (Å²) in [5.41, 5.74) is 1.24. The highest BCUT2D eigenvalue weighted by Gasteiger charge is 2.35. The van der Waals surface area contributed by atoms with Crippen molar-refractivity contribution in [3.63, 3.8) is 0 Å². The fourth-order valence-electron chi connectivity index (χ4n) is 2.89. The van der Waals surface area contributed by atoms with Gasteiger partial charge in [-0.25, -0.2) is 8.42 Å². The van der Waals surface area contributed by atoms with Crippen LogP contribution in [-0.4, -0.2) is 53.1 Å². The van der Waals surface area contributed by atoms with Crippen molar-refractivity contribution in [2.24, 2.45) is 7.05 Å². The monoisotopic (exact) mass is 341 g/mol. The van der Waals surface area contributed by atoms with Crippen LogP contribution in [0.5, 0.6) is 0 Å². The van der Waals surface area contributed by atoms with Gasteiger partial charge in [0, 0.05) is 25.0 Å². The van der Waals surface area contributed by atoms with Crippen molar-refractivity contribution in [2.45, 2.75) is 52.0 Å². The van der Waals surface area contributed by atoms with E-state index in [2.05, 4.69) is 25.9 Å². The van der Waals surface area contributed by atoms with Gasteiger partial charge in [0.25, 0.3) is 5.91 Å². The van der Waals surface area contributed by atoms with Gasteiger partial charge in [-0.15, -0.1) is 0 Å². The molecule has 1 unspecified atom stereocenters. The topological polar surface area (TPSA) is 72.3 Å². The zero-order valence-corrected chi connectivity index (χ0v) is 15.5. The van der Waals surface area contributed by atoms with Crippen molar-refractivity contribution in [3.05, 3.63) is 17.5 Å². The molecule has 7 heteroatoms. The Hall–Kier alpha value is -1.37. The lowest BCUT2D eigenvalue weighted by Gasteiger charge is -2.27. The van der Waals surface area contributed by atoms with Gasteiger partial charge in [-0.3, -0.25) is 9.48 Å². The van der Waals surface area contributed by atoms with Crippen LogP contribution in [0.2, 0.25) is 0 Å². The Morgan fingerprint density at radius 1 is 1.43 bits per heavy atom. The van der Waals surface area contributed by atoms with E-state index < -0.39 is 9.84 Å². The quantitative estimate of drug-likeness (QED) is 0.836. The normalized spacial score (nSPS) is 20.7. The molecule has 0 saturated carbocycles. The van der Waals surface area contributed by atoms with Crippen LogP contribution in [0.25, 0.3) is 0 Å². The predicted octanol–water partition coefficient (Wildman–Crippen LogP) is 1.76. The molecule has 1 aliphatic rings. The summed E-state index contributed by atoms with van der Waals surface area (Å²) in [6.07, 6.45) is 1.32. The van der Waals surface area contributed by atoms with E-state index in [1.165, 1.54) is 0 Å². The van der Waals surface area contributed by atoms with Crippen LogP contribution >= 0.6 is 0 Å². The number of nitrogens with zero attached hydrogens (tertiary/aromatic N) is 3. The molecule has 1 fully saturated rings. The fraction of sp³-hybridized carbons (Fsp3) is 0.750. The third-order valence-electron chi connectivity index (χ3n) is 4.24. The van der Waals surface area contributed by atoms with Gasteiger partial charge >= 0.3 is 0 Å². The highest BCUT2D eigenvalue weighted by atomic mass is 32.2. The molecule has 1 aromatic rings. The molecule has 2 rings (SSSR count). The molecular formula is C16H27N3O3S. The van der Waals surface area contributed by atoms with Crippen LogP contribution in [0.3, 0.4) is 0 Å². The predicted molar refractivity (Wildman–Crippen MR) is 90.3 cm³/mol. The second-order valence-corrected chi connectivity index (χ2v) is 9.57. The van der Waals surface area contributed by atoms with E-state index in [-0.39, 0.29) is 28.9 Å². The second-order valence-electron chi connectivity index (χ2n) is 7.34. The third kappa shape index (κ3) is 3.94. The summed E-state index contributed by atoms with van der Waals surface area (Å²) in [6, 6.07) is 1.61. The largest absolute Gasteiger partial charge is 0.333 e. The van der Waals surface area contributed by atoms with E-state index in [1.807, 2.05) is 13.0 Å². The minimum Gasteiger partial charge on any atom is -0.333 e. The fourth-order valence-corrected chi connectivity index (χ4v) is 4.62. The SMILES string of the molecule is CCCN(C(=O)c1cc(C(C)(C)C)nn1C)C1CCS(=O)(=O)C1. The number of sulfone groups is 1. The number of hydrogen-bond donors (Lipinski definition) is 0. The molecular weight excluding hydrogens is 314 g/mol. The first kappa shape index (κ1) is 18.0. The number of amides is 1. The highest BCUT2D eigenvalue weighted by molar-refractivity contribution is 7.91. The first-order chi connectivity index (χ1) is 10.5. The van der Waals surface area contributed by atoms with Crippen LogP contribution in [0.15, 0.2) is 6.07 Å². The smallest absolute Gasteiger partial charge is 0.272 e. The maximum absolute atomic E-state index is 13.0. The minimum atomic E-state index is -3.02. The van der Waals surface area contributed by atoms with E-state index in [0.29, 0.717) is 18.7 Å². The molecule has 1 amide bonds. The lowest BCUT2D eigenvalue weighted by molar-refractivity contribution is 0.0685. The standard InChI is InChI=1S/C16H27N3O3S/c1-6-8-19(12-7-9-23(21,22)11-12)15(20)13-10-14(16(2,3)4)17-18(13)5/h10,12H,6-9,11H2,1-5H3. The van der Waals surface area contributed by atoms with E-state index >= 15 is 0 Å². The van der Waals surface area contributed by atoms with Crippen molar-refractivity contribution in [1.82, 2.24) is 14.7 Å². The number of rotatable bonds is 4. The Morgan fingerprint density at radius 2 is 2.09 bits per heavy atom. The van der Waals surface area contributed by atoms with E-state index in [4.69, 9.17) is 0 Å². The van der Waals surface area contributed by atoms with Gasteiger partial charge in [-0.05, 0) is 18.9 Å². The summed E-state index contributed by atoms with van der Waals surface area (Å²) in [4.78, 5) is 14.7. The number of hydrogen-bond acceptors (Lipinski definition) is 4. The average molecular weight is 341 g/mol. The highest BCUT2D eigenvalue weighted by Crippen LogP contribution is 2.24. The number of aryl methyl sites for hydroxylation is 1. The van der Waals surface area contributed by atoms with Gasteiger partial charge < -0.3 is 4.90 Å². The lowest BCUT2D eigenvalue weighted by atomic mass is 9.92. The van der Waals surface area contributed by atoms with Gasteiger partial charge in [0.2, 0.25) is 0 Å². The van der Waals surface area contributed by atoms with Gasteiger partial charge in [0.05, 0.1) is 17.2 Å². The molecule has 1 aliphatic heterocycles. The van der Waals surface area contributed by atoms with E-state index in [0.717, 1.165) is 12.1 Å². The van der Waals surface area contributed by atoms with E-state index in [1.54, 1.807) is 16.6 Å². The summed E-state index contributed by atoms with van der Waals surface area (Å²) in [6.45, 7) is 8.72. The van der Waals surface area contributed by atoms with Gasteiger partial charge in [0.1, 0.15) is 5.69 Å². The second kappa shape index (κ2) is 6.26. The molecule has 130 valence electrons. The third-order valence-corrected chi connectivity index (χ3v) is 5.99. The molecule has 0 N–H and O–H groups in total. The van der Waals surface area contributed by atoms with Crippen molar-refractivity contribution >= 4 is 15.7 Å². The summed E-state index contributed by atoms with van der Waals surface area (Å²) in [5.74, 6) is 0.117. The Kier molecular flexibility index (Phi) is 4.89. The molecule has 0 aromatic carbocycles. The van der Waals surface area contributed by atoms with Crippen molar-refractivity contribution in [3.8, 4) is 0 Å². The Morgan fingerprint density at radius 3 is 2.52 bits per heavy atom. The lowest BCUT2D eigenvalue weighted by Crippen LogP contribution is -2.42. The molecule has 0 bridgehead atoms. The van der Waals surface area contributed by atoms with Crippen LogP contribution in [0.4, 0.5) is 0 Å². The summed E-state index contributed by atoms with van der Waals surface area (Å²) in [7, 11) is -1.26. The molecule has 0 aliphatic carbocycles. The number of carbonyl (C=O) groups is 1. The number of aromatic nitrogens is 2. The van der Waals surface area contributed by atoms with Gasteiger partial charge in [-0.2, -0.15) is 5.10 Å². The Labute approximate surface area is 138 Å². The maximum atomic E-state index is 13.0. The molecule has 0 spiro atoms. The molecule has 1 atom stereocenters. The van der Waals surface area contributed by atoms with Crippen molar-refractivity contribution in [2.75, 3.05) is 18.1 Å². The van der Waals surface area contributed by atoms with Crippen molar-refractivity contribution < 1.29 is 13.2 Å². The molecule has 6 nitrogen and oxygen atoms in total. The van der Waals surface area contributed by atoms with Crippen LogP contribution in [0.1, 0.15) is 56.7 Å². The molecule has 23 heavy (non-hydrogen) atoms. The van der Waals surface area contributed by atoms with E-state index in [9.17, 15) is 13.2 Å². The Bertz CT molecular complexity index is 686. The molecule has 2 heterocycles. The zero-order chi connectivity index (χ0) is 17.4. The average Bonchev–Trinajstić information content (AvgIpc) is 2.97. The zero-order valence-electron chi connectivity index (χ0n) is 14.7. The van der Waals surface area contributed by atoms with Crippen LogP contribution < -0.4 is 0 Å². The molecule has 1 saturated heterocycles. The summed E-state index contributed by atoms with van der Waals surface area (Å²) in [5, 5.41) is 4.45.